The summed E-state index contributed by atoms with van der Waals surface area (Å²) in [5.74, 6) is 0.581. The van der Waals surface area contributed by atoms with E-state index >= 15 is 0 Å². The van der Waals surface area contributed by atoms with E-state index in [2.05, 4.69) is 12.2 Å². The highest BCUT2D eigenvalue weighted by atomic mass is 35.5. The number of hydrogen-bond acceptors (Lipinski definition) is 3. The van der Waals surface area contributed by atoms with Crippen molar-refractivity contribution in [2.75, 3.05) is 19.8 Å². The van der Waals surface area contributed by atoms with Crippen LogP contribution >= 0.6 is 11.6 Å². The molecule has 3 unspecified atom stereocenters. The molecule has 2 saturated heterocycles. The normalized spacial score (nSPS) is 28.1. The number of nitrogens with zero attached hydrogens (tertiary/aromatic N) is 1. The van der Waals surface area contributed by atoms with Gasteiger partial charge in [-0.1, -0.05) is 23.7 Å². The van der Waals surface area contributed by atoms with E-state index in [1.165, 1.54) is 0 Å². The Morgan fingerprint density at radius 1 is 1.40 bits per heavy atom. The molecule has 4 nitrogen and oxygen atoms in total. The van der Waals surface area contributed by atoms with E-state index in [4.69, 9.17) is 16.3 Å². The average molecular weight is 295 g/mol. The number of nitrogens with one attached hydrogen (secondary N) is 1. The van der Waals surface area contributed by atoms with E-state index < -0.39 is 0 Å². The maximum Gasteiger partial charge on any atom is 0.238 e. The fraction of sp³-hybridized carbons (Fsp3) is 0.533. The van der Waals surface area contributed by atoms with Gasteiger partial charge in [-0.3, -0.25) is 10.1 Å². The van der Waals surface area contributed by atoms with Crippen molar-refractivity contribution in [1.29, 1.82) is 0 Å². The molecule has 1 amide bonds. The lowest BCUT2D eigenvalue weighted by molar-refractivity contribution is -0.131. The van der Waals surface area contributed by atoms with E-state index in [0.29, 0.717) is 17.5 Å². The Morgan fingerprint density at radius 3 is 2.80 bits per heavy atom. The van der Waals surface area contributed by atoms with Gasteiger partial charge >= 0.3 is 0 Å². The summed E-state index contributed by atoms with van der Waals surface area (Å²) < 4.78 is 5.45. The van der Waals surface area contributed by atoms with Crippen LogP contribution in [0.5, 0.6) is 0 Å². The molecule has 2 heterocycles. The lowest BCUT2D eigenvalue weighted by Crippen LogP contribution is -2.42. The first kappa shape index (κ1) is 13.9. The van der Waals surface area contributed by atoms with E-state index in [0.717, 1.165) is 25.2 Å². The quantitative estimate of drug-likeness (QED) is 0.929. The van der Waals surface area contributed by atoms with Crippen molar-refractivity contribution >= 4 is 17.5 Å². The number of amides is 1. The van der Waals surface area contributed by atoms with Gasteiger partial charge in [-0.2, -0.15) is 0 Å². The molecule has 0 aromatic heterocycles. The van der Waals surface area contributed by atoms with Gasteiger partial charge in [0, 0.05) is 23.6 Å². The molecule has 1 aromatic rings. The Morgan fingerprint density at radius 2 is 2.15 bits per heavy atom. The third kappa shape index (κ3) is 2.55. The first-order valence-electron chi connectivity index (χ1n) is 7.04. The van der Waals surface area contributed by atoms with Crippen LogP contribution in [0.3, 0.4) is 0 Å². The zero-order valence-corrected chi connectivity index (χ0v) is 12.3. The number of hydrogen-bond donors (Lipinski definition) is 1. The van der Waals surface area contributed by atoms with Crippen LogP contribution in [0.15, 0.2) is 24.3 Å². The summed E-state index contributed by atoms with van der Waals surface area (Å²) in [4.78, 5) is 14.2. The molecule has 0 aliphatic carbocycles. The van der Waals surface area contributed by atoms with E-state index in [1.807, 2.05) is 29.2 Å². The van der Waals surface area contributed by atoms with Crippen molar-refractivity contribution in [3.05, 3.63) is 34.9 Å². The van der Waals surface area contributed by atoms with Crippen molar-refractivity contribution in [2.24, 2.45) is 5.92 Å². The van der Waals surface area contributed by atoms with Crippen molar-refractivity contribution < 1.29 is 9.53 Å². The molecule has 0 spiro atoms. The Kier molecular flexibility index (Phi) is 3.96. The standard InChI is InChI=1S/C15H19ClN2O2/c1-10(12-6-7-20-9-12)18-14(19)8-17-15(18)11-2-4-13(16)5-3-11/h2-5,10,12,15,17H,6-9H2,1H3. The maximum atomic E-state index is 12.2. The molecule has 5 heteroatoms. The van der Waals surface area contributed by atoms with Gasteiger partial charge in [0.1, 0.15) is 6.17 Å². The SMILES string of the molecule is CC(C1CCOC1)N1C(=O)CNC1c1ccc(Cl)cc1. The van der Waals surface area contributed by atoms with E-state index in [1.54, 1.807) is 0 Å². The summed E-state index contributed by atoms with van der Waals surface area (Å²) in [6, 6.07) is 7.86. The van der Waals surface area contributed by atoms with Crippen LogP contribution in [-0.2, 0) is 9.53 Å². The van der Waals surface area contributed by atoms with Gasteiger partial charge in [0.05, 0.1) is 13.2 Å². The lowest BCUT2D eigenvalue weighted by atomic mass is 9.98. The van der Waals surface area contributed by atoms with Crippen LogP contribution in [0, 0.1) is 5.92 Å². The van der Waals surface area contributed by atoms with Gasteiger partial charge < -0.3 is 9.64 Å². The first-order chi connectivity index (χ1) is 9.66. The smallest absolute Gasteiger partial charge is 0.238 e. The lowest BCUT2D eigenvalue weighted by Gasteiger charge is -2.33. The largest absolute Gasteiger partial charge is 0.381 e. The molecule has 1 aromatic carbocycles. The molecular formula is C15H19ClN2O2. The van der Waals surface area contributed by atoms with E-state index in [-0.39, 0.29) is 18.1 Å². The van der Waals surface area contributed by atoms with Crippen LogP contribution < -0.4 is 5.32 Å². The molecule has 2 aliphatic heterocycles. The van der Waals surface area contributed by atoms with Crippen molar-refractivity contribution in [3.63, 3.8) is 0 Å². The number of carbonyl (C=O) groups excluding carboxylic acids is 1. The topological polar surface area (TPSA) is 41.6 Å². The predicted octanol–water partition coefficient (Wildman–Crippen LogP) is 2.20. The highest BCUT2D eigenvalue weighted by molar-refractivity contribution is 6.30. The fourth-order valence-corrected chi connectivity index (χ4v) is 3.19. The third-order valence-electron chi connectivity index (χ3n) is 4.28. The predicted molar refractivity (Wildman–Crippen MR) is 77.4 cm³/mol. The van der Waals surface area contributed by atoms with E-state index in [9.17, 15) is 4.79 Å². The van der Waals surface area contributed by atoms with Crippen molar-refractivity contribution in [3.8, 4) is 0 Å². The minimum absolute atomic E-state index is 0.0598. The summed E-state index contributed by atoms with van der Waals surface area (Å²) in [5, 5.41) is 4.00. The van der Waals surface area contributed by atoms with Crippen molar-refractivity contribution in [2.45, 2.75) is 25.6 Å². The molecular weight excluding hydrogens is 276 g/mol. The van der Waals surface area contributed by atoms with Gasteiger partial charge in [0.2, 0.25) is 5.91 Å². The van der Waals surface area contributed by atoms with Crippen LogP contribution in [0.2, 0.25) is 5.02 Å². The second-order valence-corrected chi connectivity index (χ2v) is 5.94. The first-order valence-corrected chi connectivity index (χ1v) is 7.42. The summed E-state index contributed by atoms with van der Waals surface area (Å²) in [7, 11) is 0. The van der Waals surface area contributed by atoms with Crippen LogP contribution in [0.25, 0.3) is 0 Å². The summed E-state index contributed by atoms with van der Waals surface area (Å²) in [5.41, 5.74) is 1.08. The molecule has 1 N–H and O–H groups in total. The number of ether oxygens (including phenoxy) is 1. The molecule has 0 saturated carbocycles. The summed E-state index contributed by atoms with van der Waals surface area (Å²) >= 11 is 5.93. The molecule has 20 heavy (non-hydrogen) atoms. The minimum Gasteiger partial charge on any atom is -0.381 e. The monoisotopic (exact) mass is 294 g/mol. The van der Waals surface area contributed by atoms with Gasteiger partial charge in [-0.15, -0.1) is 0 Å². The second-order valence-electron chi connectivity index (χ2n) is 5.50. The number of carbonyl (C=O) groups is 1. The molecule has 2 aliphatic rings. The van der Waals surface area contributed by atoms with Crippen molar-refractivity contribution in [1.82, 2.24) is 10.2 Å². The maximum absolute atomic E-state index is 12.2. The zero-order chi connectivity index (χ0) is 14.1. The van der Waals surface area contributed by atoms with Gasteiger partial charge in [-0.05, 0) is 31.0 Å². The third-order valence-corrected chi connectivity index (χ3v) is 4.54. The Labute approximate surface area is 124 Å². The molecule has 3 atom stereocenters. The average Bonchev–Trinajstić information content (AvgIpc) is 3.08. The summed E-state index contributed by atoms with van der Waals surface area (Å²) in [6.07, 6.45) is 0.966. The number of benzene rings is 1. The van der Waals surface area contributed by atoms with Crippen LogP contribution in [0.4, 0.5) is 0 Å². The minimum atomic E-state index is -0.0598. The van der Waals surface area contributed by atoms with Gasteiger partial charge in [-0.25, -0.2) is 0 Å². The zero-order valence-electron chi connectivity index (χ0n) is 11.5. The Balaban J connectivity index is 1.82. The number of rotatable bonds is 3. The molecule has 0 bridgehead atoms. The number of halogens is 1. The molecule has 108 valence electrons. The molecule has 0 radical (unpaired) electrons. The Bertz CT molecular complexity index is 485. The van der Waals surface area contributed by atoms with Gasteiger partial charge in [0.15, 0.2) is 0 Å². The fourth-order valence-electron chi connectivity index (χ4n) is 3.06. The second kappa shape index (κ2) is 5.72. The molecule has 3 rings (SSSR count). The highest BCUT2D eigenvalue weighted by Crippen LogP contribution is 2.30. The van der Waals surface area contributed by atoms with Crippen LogP contribution in [-0.4, -0.2) is 36.6 Å². The van der Waals surface area contributed by atoms with Crippen LogP contribution in [0.1, 0.15) is 25.1 Å². The van der Waals surface area contributed by atoms with Gasteiger partial charge in [0.25, 0.3) is 0 Å². The molecule has 2 fully saturated rings. The summed E-state index contributed by atoms with van der Waals surface area (Å²) in [6.45, 7) is 4.06. The highest BCUT2D eigenvalue weighted by Gasteiger charge is 2.38. The Hall–Kier alpha value is -1.10.